The predicted molar refractivity (Wildman–Crippen MR) is 120 cm³/mol. The summed E-state index contributed by atoms with van der Waals surface area (Å²) in [5.41, 5.74) is 2.69. The van der Waals surface area contributed by atoms with E-state index in [-0.39, 0.29) is 11.2 Å². The minimum Gasteiger partial charge on any atom is -0.506 e. The van der Waals surface area contributed by atoms with Crippen molar-refractivity contribution in [1.82, 2.24) is 10.2 Å². The van der Waals surface area contributed by atoms with Crippen LogP contribution in [0.25, 0.3) is 0 Å². The SMILES string of the molecule is CN(C)CCNC(=NCc1ccccc1Cl)Nc1cc(C(C)(C)C)ccc1O. The molecule has 28 heavy (non-hydrogen) atoms. The molecule has 152 valence electrons. The number of rotatable bonds is 6. The van der Waals surface area contributed by atoms with Crippen molar-refractivity contribution in [1.29, 1.82) is 0 Å². The second-order valence-electron chi connectivity index (χ2n) is 8.09. The van der Waals surface area contributed by atoms with E-state index in [2.05, 4.69) is 41.3 Å². The van der Waals surface area contributed by atoms with Crippen LogP contribution in [0.4, 0.5) is 5.69 Å². The van der Waals surface area contributed by atoms with Crippen molar-refractivity contribution in [2.24, 2.45) is 4.99 Å². The first-order valence-corrected chi connectivity index (χ1v) is 9.81. The lowest BCUT2D eigenvalue weighted by Crippen LogP contribution is -2.36. The molecule has 0 heterocycles. The number of phenolic OH excluding ortho intramolecular Hbond substituents is 1. The van der Waals surface area contributed by atoms with Crippen molar-refractivity contribution in [2.75, 3.05) is 32.5 Å². The molecule has 0 aliphatic heterocycles. The second-order valence-corrected chi connectivity index (χ2v) is 8.50. The van der Waals surface area contributed by atoms with Gasteiger partial charge in [0.2, 0.25) is 0 Å². The molecule has 0 amide bonds. The fraction of sp³-hybridized carbons (Fsp3) is 0.409. The number of phenols is 1. The lowest BCUT2D eigenvalue weighted by atomic mass is 9.87. The van der Waals surface area contributed by atoms with Crippen molar-refractivity contribution in [3.8, 4) is 5.75 Å². The Kier molecular flexibility index (Phi) is 7.72. The largest absolute Gasteiger partial charge is 0.506 e. The average molecular weight is 403 g/mol. The van der Waals surface area contributed by atoms with Gasteiger partial charge in [0, 0.05) is 18.1 Å². The predicted octanol–water partition coefficient (Wildman–Crippen LogP) is 4.46. The number of hydrogen-bond acceptors (Lipinski definition) is 3. The molecule has 0 unspecified atom stereocenters. The molecule has 0 saturated heterocycles. The Labute approximate surface area is 173 Å². The van der Waals surface area contributed by atoms with Crippen LogP contribution in [0.3, 0.4) is 0 Å². The summed E-state index contributed by atoms with van der Waals surface area (Å²) in [5, 5.41) is 17.6. The normalized spacial score (nSPS) is 12.3. The van der Waals surface area contributed by atoms with Gasteiger partial charge in [0.05, 0.1) is 12.2 Å². The topological polar surface area (TPSA) is 59.9 Å². The fourth-order valence-corrected chi connectivity index (χ4v) is 2.75. The molecule has 0 saturated carbocycles. The summed E-state index contributed by atoms with van der Waals surface area (Å²) in [6.07, 6.45) is 0. The molecule has 0 fully saturated rings. The number of benzene rings is 2. The highest BCUT2D eigenvalue weighted by atomic mass is 35.5. The Morgan fingerprint density at radius 3 is 2.50 bits per heavy atom. The number of halogens is 1. The Hall–Kier alpha value is -2.24. The number of aliphatic imine (C=N–C) groups is 1. The molecule has 2 rings (SSSR count). The minimum absolute atomic E-state index is 0.0165. The summed E-state index contributed by atoms with van der Waals surface area (Å²) in [6.45, 7) is 8.46. The van der Waals surface area contributed by atoms with Crippen LogP contribution in [0.1, 0.15) is 31.9 Å². The zero-order chi connectivity index (χ0) is 20.7. The van der Waals surface area contributed by atoms with E-state index >= 15 is 0 Å². The molecular formula is C22H31ClN4O. The van der Waals surface area contributed by atoms with Crippen molar-refractivity contribution in [2.45, 2.75) is 32.7 Å². The fourth-order valence-electron chi connectivity index (χ4n) is 2.56. The Morgan fingerprint density at radius 2 is 1.86 bits per heavy atom. The van der Waals surface area contributed by atoms with Gasteiger partial charge in [-0.1, -0.05) is 56.6 Å². The molecule has 5 nitrogen and oxygen atoms in total. The van der Waals surface area contributed by atoms with Crippen LogP contribution in [0.5, 0.6) is 5.75 Å². The first kappa shape index (κ1) is 22.1. The van der Waals surface area contributed by atoms with Crippen molar-refractivity contribution in [3.63, 3.8) is 0 Å². The zero-order valence-corrected chi connectivity index (χ0v) is 18.1. The third-order valence-corrected chi connectivity index (χ3v) is 4.70. The molecule has 2 aromatic rings. The summed E-state index contributed by atoms with van der Waals surface area (Å²) >= 11 is 6.25. The van der Waals surface area contributed by atoms with Gasteiger partial charge in [-0.2, -0.15) is 0 Å². The molecule has 3 N–H and O–H groups in total. The third-order valence-electron chi connectivity index (χ3n) is 4.33. The molecule has 0 radical (unpaired) electrons. The number of hydrogen-bond donors (Lipinski definition) is 3. The number of guanidine groups is 1. The smallest absolute Gasteiger partial charge is 0.196 e. The molecular weight excluding hydrogens is 372 g/mol. The monoisotopic (exact) mass is 402 g/mol. The van der Waals surface area contributed by atoms with Gasteiger partial charge < -0.3 is 20.6 Å². The summed E-state index contributed by atoms with van der Waals surface area (Å²) in [4.78, 5) is 6.75. The number of nitrogens with one attached hydrogen (secondary N) is 2. The highest BCUT2D eigenvalue weighted by molar-refractivity contribution is 6.31. The van der Waals surface area contributed by atoms with E-state index in [0.29, 0.717) is 23.2 Å². The second kappa shape index (κ2) is 9.80. The lowest BCUT2D eigenvalue weighted by molar-refractivity contribution is 0.412. The Bertz CT molecular complexity index is 812. The molecule has 0 bridgehead atoms. The first-order chi connectivity index (χ1) is 13.2. The molecule has 0 atom stereocenters. The van der Waals surface area contributed by atoms with E-state index in [1.807, 2.05) is 50.5 Å². The lowest BCUT2D eigenvalue weighted by Gasteiger charge is -2.21. The number of anilines is 1. The quantitative estimate of drug-likeness (QED) is 0.379. The van der Waals surface area contributed by atoms with Crippen LogP contribution in [0.15, 0.2) is 47.5 Å². The average Bonchev–Trinajstić information content (AvgIpc) is 2.61. The number of likely N-dealkylation sites (N-methyl/N-ethyl adjacent to an activating group) is 1. The van der Waals surface area contributed by atoms with Crippen molar-refractivity contribution < 1.29 is 5.11 Å². The minimum atomic E-state index is -0.0165. The van der Waals surface area contributed by atoms with Gasteiger partial charge in [-0.15, -0.1) is 0 Å². The van der Waals surface area contributed by atoms with Gasteiger partial charge >= 0.3 is 0 Å². The van der Waals surface area contributed by atoms with Crippen LogP contribution in [0, 0.1) is 0 Å². The number of aromatic hydroxyl groups is 1. The Balaban J connectivity index is 2.24. The number of nitrogens with zero attached hydrogens (tertiary/aromatic N) is 2. The summed E-state index contributed by atoms with van der Waals surface area (Å²) in [5.74, 6) is 0.788. The van der Waals surface area contributed by atoms with Gasteiger partial charge in [0.25, 0.3) is 0 Å². The van der Waals surface area contributed by atoms with Gasteiger partial charge in [-0.25, -0.2) is 4.99 Å². The summed E-state index contributed by atoms with van der Waals surface area (Å²) in [6, 6.07) is 13.3. The standard InChI is InChI=1S/C22H31ClN4O/c1-22(2,3)17-10-11-20(28)19(14-17)26-21(24-12-13-27(4)5)25-15-16-8-6-7-9-18(16)23/h6-11,14,28H,12-13,15H2,1-5H3,(H2,24,25,26). The maximum absolute atomic E-state index is 10.3. The third kappa shape index (κ3) is 6.73. The van der Waals surface area contributed by atoms with E-state index in [1.54, 1.807) is 6.07 Å². The zero-order valence-electron chi connectivity index (χ0n) is 17.4. The van der Waals surface area contributed by atoms with E-state index in [9.17, 15) is 5.11 Å². The van der Waals surface area contributed by atoms with Crippen LogP contribution in [0.2, 0.25) is 5.02 Å². The van der Waals surface area contributed by atoms with E-state index < -0.39 is 0 Å². The van der Waals surface area contributed by atoms with E-state index in [1.165, 1.54) is 0 Å². The highest BCUT2D eigenvalue weighted by Crippen LogP contribution is 2.30. The molecule has 0 aromatic heterocycles. The van der Waals surface area contributed by atoms with Crippen LogP contribution < -0.4 is 10.6 Å². The molecule has 0 aliphatic rings. The van der Waals surface area contributed by atoms with Gasteiger partial charge in [0.1, 0.15) is 5.75 Å². The van der Waals surface area contributed by atoms with Gasteiger partial charge in [-0.3, -0.25) is 0 Å². The molecule has 0 spiro atoms. The maximum Gasteiger partial charge on any atom is 0.196 e. The summed E-state index contributed by atoms with van der Waals surface area (Å²) < 4.78 is 0. The highest BCUT2D eigenvalue weighted by Gasteiger charge is 2.16. The van der Waals surface area contributed by atoms with Gasteiger partial charge in [0.15, 0.2) is 5.96 Å². The molecule has 2 aromatic carbocycles. The van der Waals surface area contributed by atoms with Crippen LogP contribution in [-0.2, 0) is 12.0 Å². The summed E-state index contributed by atoms with van der Waals surface area (Å²) in [7, 11) is 4.04. The first-order valence-electron chi connectivity index (χ1n) is 9.44. The van der Waals surface area contributed by atoms with Gasteiger partial charge in [-0.05, 0) is 48.8 Å². The molecule has 6 heteroatoms. The maximum atomic E-state index is 10.3. The van der Waals surface area contributed by atoms with Crippen LogP contribution in [-0.4, -0.2) is 43.2 Å². The van der Waals surface area contributed by atoms with E-state index in [4.69, 9.17) is 11.6 Å². The van der Waals surface area contributed by atoms with Crippen molar-refractivity contribution in [3.05, 3.63) is 58.6 Å². The van der Waals surface area contributed by atoms with Crippen molar-refractivity contribution >= 4 is 23.2 Å². The van der Waals surface area contributed by atoms with Crippen LogP contribution >= 0.6 is 11.6 Å². The molecule has 0 aliphatic carbocycles. The Morgan fingerprint density at radius 1 is 1.14 bits per heavy atom. The van der Waals surface area contributed by atoms with E-state index in [0.717, 1.165) is 24.2 Å².